The van der Waals surface area contributed by atoms with Gasteiger partial charge in [-0.25, -0.2) is 4.39 Å². The van der Waals surface area contributed by atoms with E-state index in [0.717, 1.165) is 36.7 Å². The average molecular weight is 339 g/mol. The van der Waals surface area contributed by atoms with Gasteiger partial charge < -0.3 is 0 Å². The van der Waals surface area contributed by atoms with E-state index in [-0.39, 0.29) is 11.2 Å². The van der Waals surface area contributed by atoms with Gasteiger partial charge in [-0.15, -0.1) is 22.9 Å². The van der Waals surface area contributed by atoms with Crippen molar-refractivity contribution in [2.45, 2.75) is 19.2 Å². The van der Waals surface area contributed by atoms with Gasteiger partial charge >= 0.3 is 0 Å². The summed E-state index contributed by atoms with van der Waals surface area (Å²) in [7, 11) is 0. The lowest BCUT2D eigenvalue weighted by Crippen LogP contribution is -1.95. The molecule has 21 heavy (non-hydrogen) atoms. The Bertz CT molecular complexity index is 823. The highest BCUT2D eigenvalue weighted by Gasteiger charge is 2.17. The van der Waals surface area contributed by atoms with Crippen molar-refractivity contribution >= 4 is 44.6 Å². The number of alkyl halides is 1. The minimum atomic E-state index is -0.249. The fourth-order valence-corrected chi connectivity index (χ4v) is 4.12. The molecule has 0 aliphatic rings. The third kappa shape index (κ3) is 2.80. The van der Waals surface area contributed by atoms with Gasteiger partial charge in [0.2, 0.25) is 0 Å². The van der Waals surface area contributed by atoms with Crippen LogP contribution >= 0.6 is 34.5 Å². The van der Waals surface area contributed by atoms with Gasteiger partial charge in [-0.2, -0.15) is 0 Å². The molecule has 0 N–H and O–H groups in total. The molecule has 0 aliphatic carbocycles. The summed E-state index contributed by atoms with van der Waals surface area (Å²) in [5.41, 5.74) is 3.12. The molecule has 3 aromatic rings. The third-order valence-electron chi connectivity index (χ3n) is 3.57. The third-order valence-corrected chi connectivity index (χ3v) is 5.74. The van der Waals surface area contributed by atoms with Crippen LogP contribution in [0.5, 0.6) is 0 Å². The Hall–Kier alpha value is -1.09. The van der Waals surface area contributed by atoms with E-state index in [0.29, 0.717) is 0 Å². The lowest BCUT2D eigenvalue weighted by atomic mass is 10.0. The van der Waals surface area contributed by atoms with E-state index in [4.69, 9.17) is 23.2 Å². The lowest BCUT2D eigenvalue weighted by molar-refractivity contribution is 0.630. The van der Waals surface area contributed by atoms with Crippen LogP contribution in [-0.2, 0) is 0 Å². The van der Waals surface area contributed by atoms with Crippen LogP contribution in [0.15, 0.2) is 36.4 Å². The summed E-state index contributed by atoms with van der Waals surface area (Å²) in [5, 5.41) is 1.52. The number of rotatable bonds is 2. The summed E-state index contributed by atoms with van der Waals surface area (Å²) >= 11 is 14.3. The number of aryl methyl sites for hydroxylation is 2. The average Bonchev–Trinajstić information content (AvgIpc) is 2.85. The second-order valence-electron chi connectivity index (χ2n) is 5.15. The van der Waals surface area contributed by atoms with Crippen molar-refractivity contribution in [3.8, 4) is 0 Å². The van der Waals surface area contributed by atoms with Crippen molar-refractivity contribution < 1.29 is 4.39 Å². The van der Waals surface area contributed by atoms with Crippen LogP contribution in [0.2, 0.25) is 5.02 Å². The highest BCUT2D eigenvalue weighted by molar-refractivity contribution is 7.19. The van der Waals surface area contributed by atoms with Crippen LogP contribution in [0.25, 0.3) is 10.1 Å². The zero-order valence-electron chi connectivity index (χ0n) is 11.6. The van der Waals surface area contributed by atoms with Crippen LogP contribution in [0.1, 0.15) is 26.9 Å². The molecule has 2 aromatic carbocycles. The maximum absolute atomic E-state index is 13.3. The highest BCUT2D eigenvalue weighted by Crippen LogP contribution is 2.39. The second kappa shape index (κ2) is 5.60. The molecule has 1 unspecified atom stereocenters. The Kier molecular flexibility index (Phi) is 3.96. The van der Waals surface area contributed by atoms with Crippen LogP contribution in [0.4, 0.5) is 4.39 Å². The first kappa shape index (κ1) is 14.8. The smallest absolute Gasteiger partial charge is 0.124 e. The summed E-state index contributed by atoms with van der Waals surface area (Å²) in [4.78, 5) is 1.02. The molecule has 1 atom stereocenters. The van der Waals surface area contributed by atoms with Crippen LogP contribution in [0.3, 0.4) is 0 Å². The molecule has 108 valence electrons. The highest BCUT2D eigenvalue weighted by atomic mass is 35.5. The first-order valence-electron chi connectivity index (χ1n) is 6.55. The molecule has 0 radical (unpaired) electrons. The van der Waals surface area contributed by atoms with Gasteiger partial charge in [-0.3, -0.25) is 0 Å². The summed E-state index contributed by atoms with van der Waals surface area (Å²) in [6.07, 6.45) is 0. The van der Waals surface area contributed by atoms with E-state index >= 15 is 0 Å². The maximum atomic E-state index is 13.3. The fourth-order valence-electron chi connectivity index (χ4n) is 2.38. The Morgan fingerprint density at radius 2 is 1.81 bits per heavy atom. The zero-order valence-corrected chi connectivity index (χ0v) is 13.9. The fraction of sp³-hybridized carbons (Fsp3) is 0.176. The Balaban J connectivity index is 2.07. The van der Waals surface area contributed by atoms with Crippen LogP contribution in [-0.4, -0.2) is 0 Å². The van der Waals surface area contributed by atoms with Crippen molar-refractivity contribution in [2.24, 2.45) is 0 Å². The van der Waals surface area contributed by atoms with E-state index in [1.165, 1.54) is 17.4 Å². The molecule has 0 amide bonds. The van der Waals surface area contributed by atoms with Gasteiger partial charge in [0, 0.05) is 14.6 Å². The van der Waals surface area contributed by atoms with E-state index < -0.39 is 0 Å². The standard InChI is InChI=1S/C17H13Cl2FS/c1-9-6-14(18)10(2)5-13(9)17(19)16-7-11-3-4-12(20)8-15(11)21-16/h3-8,17H,1-2H3. The molecule has 0 aliphatic heterocycles. The first-order valence-corrected chi connectivity index (χ1v) is 8.18. The predicted molar refractivity (Wildman–Crippen MR) is 90.4 cm³/mol. The number of halogens is 3. The minimum absolute atomic E-state index is 0.222. The van der Waals surface area contributed by atoms with E-state index in [9.17, 15) is 4.39 Å². The summed E-state index contributed by atoms with van der Waals surface area (Å²) in [5.74, 6) is -0.222. The second-order valence-corrected chi connectivity index (χ2v) is 7.11. The zero-order chi connectivity index (χ0) is 15.1. The Labute approximate surface area is 137 Å². The van der Waals surface area contributed by atoms with Gasteiger partial charge in [0.05, 0.1) is 5.38 Å². The molecule has 1 heterocycles. The molecule has 4 heteroatoms. The van der Waals surface area contributed by atoms with Gasteiger partial charge in [-0.1, -0.05) is 23.7 Å². The molecule has 0 nitrogen and oxygen atoms in total. The molecular weight excluding hydrogens is 326 g/mol. The molecule has 0 bridgehead atoms. The monoisotopic (exact) mass is 338 g/mol. The van der Waals surface area contributed by atoms with E-state index in [1.807, 2.05) is 32.0 Å². The molecule has 0 spiro atoms. The number of thiophene rings is 1. The van der Waals surface area contributed by atoms with Gasteiger partial charge in [0.25, 0.3) is 0 Å². The van der Waals surface area contributed by atoms with Gasteiger partial charge in [-0.05, 0) is 60.2 Å². The molecule has 0 fully saturated rings. The number of benzene rings is 2. The number of hydrogen-bond donors (Lipinski definition) is 0. The topological polar surface area (TPSA) is 0 Å². The SMILES string of the molecule is Cc1cc(C(Cl)c2cc3ccc(F)cc3s2)c(C)cc1Cl. The number of fused-ring (bicyclic) bond motifs is 1. The molecule has 0 saturated carbocycles. The van der Waals surface area contributed by atoms with Crippen molar-refractivity contribution in [2.75, 3.05) is 0 Å². The Morgan fingerprint density at radius 1 is 1.05 bits per heavy atom. The predicted octanol–water partition coefficient (Wildman–Crippen LogP) is 6.64. The van der Waals surface area contributed by atoms with Gasteiger partial charge in [0.1, 0.15) is 5.82 Å². The summed E-state index contributed by atoms with van der Waals surface area (Å²) in [6.45, 7) is 3.97. The van der Waals surface area contributed by atoms with Crippen molar-refractivity contribution in [1.29, 1.82) is 0 Å². The van der Waals surface area contributed by atoms with Crippen molar-refractivity contribution in [3.63, 3.8) is 0 Å². The normalized spacial score (nSPS) is 12.8. The summed E-state index contributed by atoms with van der Waals surface area (Å²) in [6, 6.07) is 10.8. The van der Waals surface area contributed by atoms with Gasteiger partial charge in [0.15, 0.2) is 0 Å². The van der Waals surface area contributed by atoms with Crippen LogP contribution in [0, 0.1) is 19.7 Å². The minimum Gasteiger partial charge on any atom is -0.207 e. The van der Waals surface area contributed by atoms with Crippen LogP contribution < -0.4 is 0 Å². The Morgan fingerprint density at radius 3 is 2.57 bits per heavy atom. The van der Waals surface area contributed by atoms with Crippen molar-refractivity contribution in [1.82, 2.24) is 0 Å². The quantitative estimate of drug-likeness (QED) is 0.459. The molecule has 3 rings (SSSR count). The first-order chi connectivity index (χ1) is 9.95. The molecule has 1 aromatic heterocycles. The number of hydrogen-bond acceptors (Lipinski definition) is 1. The molecule has 0 saturated heterocycles. The molecular formula is C17H13Cl2FS. The van der Waals surface area contributed by atoms with E-state index in [2.05, 4.69) is 0 Å². The largest absolute Gasteiger partial charge is 0.207 e. The maximum Gasteiger partial charge on any atom is 0.124 e. The summed E-state index contributed by atoms with van der Waals surface area (Å²) < 4.78 is 14.2. The van der Waals surface area contributed by atoms with Crippen molar-refractivity contribution in [3.05, 3.63) is 68.8 Å². The lowest BCUT2D eigenvalue weighted by Gasteiger charge is -2.13. The van der Waals surface area contributed by atoms with E-state index in [1.54, 1.807) is 12.1 Å².